The molecule has 5 heteroatoms. The van der Waals surface area contributed by atoms with Crippen LogP contribution in [0.5, 0.6) is 11.5 Å². The molecule has 0 fully saturated rings. The Hall–Kier alpha value is -2.53. The van der Waals surface area contributed by atoms with E-state index in [9.17, 15) is 4.39 Å². The first-order chi connectivity index (χ1) is 12.2. The number of halogens is 1. The van der Waals surface area contributed by atoms with Crippen molar-refractivity contribution in [2.24, 2.45) is 4.40 Å². The summed E-state index contributed by atoms with van der Waals surface area (Å²) in [4.78, 5) is 2.18. The second kappa shape index (κ2) is 6.76. The summed E-state index contributed by atoms with van der Waals surface area (Å²) in [5, 5.41) is 0. The third kappa shape index (κ3) is 3.33. The third-order valence-corrected chi connectivity index (χ3v) is 4.81. The summed E-state index contributed by atoms with van der Waals surface area (Å²) < 4.78 is 23.8. The van der Waals surface area contributed by atoms with Crippen molar-refractivity contribution in [1.29, 1.82) is 0 Å². The SMILES string of the molecule is Cc1cc(Oc2ccc(C3=CC=CN4CCSN=C34)cc2)ccc1F. The maximum atomic E-state index is 13.3. The van der Waals surface area contributed by atoms with Gasteiger partial charge in [0, 0.05) is 24.1 Å². The number of rotatable bonds is 3. The Kier molecular flexibility index (Phi) is 4.32. The molecule has 2 aliphatic rings. The summed E-state index contributed by atoms with van der Waals surface area (Å²) in [7, 11) is 0. The van der Waals surface area contributed by atoms with Gasteiger partial charge in [0.05, 0.1) is 0 Å². The number of benzene rings is 2. The fourth-order valence-corrected chi connectivity index (χ4v) is 3.51. The van der Waals surface area contributed by atoms with E-state index in [0.29, 0.717) is 11.3 Å². The molecule has 0 atom stereocenters. The van der Waals surface area contributed by atoms with Gasteiger partial charge in [-0.15, -0.1) is 0 Å². The van der Waals surface area contributed by atoms with Gasteiger partial charge in [-0.05, 0) is 72.5 Å². The average Bonchev–Trinajstić information content (AvgIpc) is 2.65. The lowest BCUT2D eigenvalue weighted by molar-refractivity contribution is 0.479. The van der Waals surface area contributed by atoms with Crippen LogP contribution in [0.15, 0.2) is 65.2 Å². The number of allylic oxidation sites excluding steroid dienone is 2. The van der Waals surface area contributed by atoms with Crippen LogP contribution in [0.25, 0.3) is 5.57 Å². The van der Waals surface area contributed by atoms with Crippen molar-refractivity contribution in [1.82, 2.24) is 4.90 Å². The molecule has 0 amide bonds. The molecule has 4 rings (SSSR count). The van der Waals surface area contributed by atoms with E-state index in [1.54, 1.807) is 31.0 Å². The molecule has 0 radical (unpaired) electrons. The van der Waals surface area contributed by atoms with Gasteiger partial charge in [-0.25, -0.2) is 4.39 Å². The Balaban J connectivity index is 1.56. The van der Waals surface area contributed by atoms with Gasteiger partial charge in [-0.1, -0.05) is 12.1 Å². The predicted octanol–water partition coefficient (Wildman–Crippen LogP) is 5.20. The highest BCUT2D eigenvalue weighted by Crippen LogP contribution is 2.29. The Labute approximate surface area is 150 Å². The van der Waals surface area contributed by atoms with Crippen LogP contribution in [0.4, 0.5) is 4.39 Å². The van der Waals surface area contributed by atoms with Crippen LogP contribution >= 0.6 is 11.9 Å². The van der Waals surface area contributed by atoms with Crippen LogP contribution in [-0.2, 0) is 0 Å². The molecule has 25 heavy (non-hydrogen) atoms. The second-order valence-corrected chi connectivity index (χ2v) is 6.75. The van der Waals surface area contributed by atoms with E-state index in [-0.39, 0.29) is 5.82 Å². The van der Waals surface area contributed by atoms with Gasteiger partial charge in [-0.3, -0.25) is 0 Å². The molecule has 0 N–H and O–H groups in total. The quantitative estimate of drug-likeness (QED) is 0.710. The van der Waals surface area contributed by atoms with Gasteiger partial charge in [0.25, 0.3) is 0 Å². The first-order valence-corrected chi connectivity index (χ1v) is 9.05. The minimum atomic E-state index is -0.226. The molecule has 2 heterocycles. The smallest absolute Gasteiger partial charge is 0.148 e. The molecular weight excluding hydrogens is 335 g/mol. The normalized spacial score (nSPS) is 16.2. The average molecular weight is 352 g/mol. The standard InChI is InChI=1S/C20H17FN2OS/c1-14-13-17(8-9-19(14)21)24-16-6-4-15(5-7-16)18-3-2-10-23-11-12-25-22-20(18)23/h2-10,13H,11-12H2,1H3. The first kappa shape index (κ1) is 16.0. The second-order valence-electron chi connectivity index (χ2n) is 5.90. The molecule has 2 aromatic rings. The number of aryl methyl sites for hydroxylation is 1. The van der Waals surface area contributed by atoms with Crippen molar-refractivity contribution in [3.05, 3.63) is 77.8 Å². The van der Waals surface area contributed by atoms with Crippen LogP contribution < -0.4 is 4.74 Å². The van der Waals surface area contributed by atoms with E-state index < -0.39 is 0 Å². The number of hydrogen-bond donors (Lipinski definition) is 0. The van der Waals surface area contributed by atoms with Crippen molar-refractivity contribution in [2.45, 2.75) is 6.92 Å². The van der Waals surface area contributed by atoms with Crippen LogP contribution in [0.1, 0.15) is 11.1 Å². The fraction of sp³-hybridized carbons (Fsp3) is 0.150. The lowest BCUT2D eigenvalue weighted by Crippen LogP contribution is -2.32. The number of fused-ring (bicyclic) bond motifs is 1. The maximum Gasteiger partial charge on any atom is 0.148 e. The van der Waals surface area contributed by atoms with E-state index >= 15 is 0 Å². The van der Waals surface area contributed by atoms with E-state index in [1.807, 2.05) is 24.3 Å². The first-order valence-electron chi connectivity index (χ1n) is 8.10. The monoisotopic (exact) mass is 352 g/mol. The fourth-order valence-electron chi connectivity index (χ4n) is 2.82. The Morgan fingerprint density at radius 1 is 1.12 bits per heavy atom. The van der Waals surface area contributed by atoms with Crippen molar-refractivity contribution in [2.75, 3.05) is 12.3 Å². The zero-order chi connectivity index (χ0) is 17.2. The largest absolute Gasteiger partial charge is 0.457 e. The Bertz CT molecular complexity index is 887. The van der Waals surface area contributed by atoms with E-state index in [4.69, 9.17) is 4.74 Å². The van der Waals surface area contributed by atoms with Crippen LogP contribution in [0, 0.1) is 12.7 Å². The molecule has 126 valence electrons. The molecule has 0 aliphatic carbocycles. The van der Waals surface area contributed by atoms with Gasteiger partial charge in [-0.2, -0.15) is 4.40 Å². The van der Waals surface area contributed by atoms with Gasteiger partial charge < -0.3 is 9.64 Å². The van der Waals surface area contributed by atoms with Gasteiger partial charge in [0.15, 0.2) is 0 Å². The lowest BCUT2D eigenvalue weighted by atomic mass is 10.0. The zero-order valence-electron chi connectivity index (χ0n) is 13.8. The highest BCUT2D eigenvalue weighted by Gasteiger charge is 2.21. The molecule has 0 unspecified atom stereocenters. The van der Waals surface area contributed by atoms with Crippen LogP contribution in [0.3, 0.4) is 0 Å². The summed E-state index contributed by atoms with van der Waals surface area (Å²) in [6.07, 6.45) is 6.20. The zero-order valence-corrected chi connectivity index (χ0v) is 14.6. The Morgan fingerprint density at radius 2 is 1.92 bits per heavy atom. The minimum absolute atomic E-state index is 0.226. The van der Waals surface area contributed by atoms with Crippen LogP contribution in [-0.4, -0.2) is 23.0 Å². The molecule has 0 aromatic heterocycles. The lowest BCUT2D eigenvalue weighted by Gasteiger charge is -2.29. The van der Waals surface area contributed by atoms with E-state index in [2.05, 4.69) is 27.6 Å². The topological polar surface area (TPSA) is 24.8 Å². The molecule has 2 aromatic carbocycles. The summed E-state index contributed by atoms with van der Waals surface area (Å²) in [5.41, 5.74) is 2.78. The van der Waals surface area contributed by atoms with E-state index in [1.165, 1.54) is 6.07 Å². The highest BCUT2D eigenvalue weighted by atomic mass is 32.2. The molecule has 0 bridgehead atoms. The van der Waals surface area contributed by atoms with Crippen molar-refractivity contribution >= 4 is 23.4 Å². The Morgan fingerprint density at radius 3 is 2.72 bits per heavy atom. The molecule has 2 aliphatic heterocycles. The molecule has 0 saturated carbocycles. The van der Waals surface area contributed by atoms with Gasteiger partial charge in [0.2, 0.25) is 0 Å². The maximum absolute atomic E-state index is 13.3. The number of amidine groups is 1. The van der Waals surface area contributed by atoms with Gasteiger partial charge in [0.1, 0.15) is 23.2 Å². The van der Waals surface area contributed by atoms with Crippen molar-refractivity contribution in [3.63, 3.8) is 0 Å². The molecular formula is C20H17FN2OS. The molecule has 0 saturated heterocycles. The minimum Gasteiger partial charge on any atom is -0.457 e. The summed E-state index contributed by atoms with van der Waals surface area (Å²) in [5.74, 6) is 3.13. The van der Waals surface area contributed by atoms with Crippen LogP contribution in [0.2, 0.25) is 0 Å². The highest BCUT2D eigenvalue weighted by molar-refractivity contribution is 7.98. The molecule has 3 nitrogen and oxygen atoms in total. The molecule has 0 spiro atoms. The van der Waals surface area contributed by atoms with Crippen molar-refractivity contribution in [3.8, 4) is 11.5 Å². The van der Waals surface area contributed by atoms with Gasteiger partial charge >= 0.3 is 0 Å². The van der Waals surface area contributed by atoms with Crippen molar-refractivity contribution < 1.29 is 9.13 Å². The number of nitrogens with zero attached hydrogens (tertiary/aromatic N) is 2. The summed E-state index contributed by atoms with van der Waals surface area (Å²) in [6, 6.07) is 12.7. The predicted molar refractivity (Wildman–Crippen MR) is 101 cm³/mol. The third-order valence-electron chi connectivity index (χ3n) is 4.15. The van der Waals surface area contributed by atoms with E-state index in [0.717, 1.165) is 35.0 Å². The summed E-state index contributed by atoms with van der Waals surface area (Å²) >= 11 is 1.60. The summed E-state index contributed by atoms with van der Waals surface area (Å²) in [6.45, 7) is 2.70. The number of hydrogen-bond acceptors (Lipinski definition) is 4. The number of ether oxygens (including phenoxy) is 1.